The summed E-state index contributed by atoms with van der Waals surface area (Å²) in [6.45, 7) is 3.33. The SMILES string of the molecule is COc1ccc(C)cc1-c1ccnc(N(C)CCN)n1. The van der Waals surface area contributed by atoms with Crippen molar-refractivity contribution in [2.45, 2.75) is 6.92 Å². The normalized spacial score (nSPS) is 10.4. The molecule has 2 N–H and O–H groups in total. The Morgan fingerprint density at radius 1 is 1.30 bits per heavy atom. The molecule has 0 amide bonds. The van der Waals surface area contributed by atoms with Crippen LogP contribution < -0.4 is 15.4 Å². The fourth-order valence-corrected chi connectivity index (χ4v) is 2.00. The zero-order valence-electron chi connectivity index (χ0n) is 12.1. The first-order valence-electron chi connectivity index (χ1n) is 6.55. The van der Waals surface area contributed by atoms with Crippen molar-refractivity contribution in [2.24, 2.45) is 5.73 Å². The molecule has 1 aromatic heterocycles. The molecule has 1 heterocycles. The minimum Gasteiger partial charge on any atom is -0.496 e. The van der Waals surface area contributed by atoms with E-state index in [1.165, 1.54) is 0 Å². The second-order valence-corrected chi connectivity index (χ2v) is 4.66. The largest absolute Gasteiger partial charge is 0.496 e. The number of aromatic nitrogens is 2. The summed E-state index contributed by atoms with van der Waals surface area (Å²) < 4.78 is 5.41. The summed E-state index contributed by atoms with van der Waals surface area (Å²) in [5, 5.41) is 0. The van der Waals surface area contributed by atoms with Gasteiger partial charge in [-0.2, -0.15) is 0 Å². The fraction of sp³-hybridized carbons (Fsp3) is 0.333. The molecule has 0 saturated carbocycles. The van der Waals surface area contributed by atoms with E-state index in [2.05, 4.69) is 16.0 Å². The predicted octanol–water partition coefficient (Wildman–Crippen LogP) is 1.86. The van der Waals surface area contributed by atoms with Gasteiger partial charge >= 0.3 is 0 Å². The molecule has 0 saturated heterocycles. The molecule has 0 unspecified atom stereocenters. The Kier molecular flexibility index (Phi) is 4.53. The molecular formula is C15H20N4O. The summed E-state index contributed by atoms with van der Waals surface area (Å²) in [6, 6.07) is 7.92. The van der Waals surface area contributed by atoms with Gasteiger partial charge in [0.25, 0.3) is 0 Å². The Hall–Kier alpha value is -2.14. The third kappa shape index (κ3) is 3.05. The molecule has 0 atom stereocenters. The third-order valence-corrected chi connectivity index (χ3v) is 3.08. The van der Waals surface area contributed by atoms with E-state index in [0.717, 1.165) is 22.6 Å². The maximum Gasteiger partial charge on any atom is 0.225 e. The highest BCUT2D eigenvalue weighted by atomic mass is 16.5. The lowest BCUT2D eigenvalue weighted by Gasteiger charge is -2.16. The lowest BCUT2D eigenvalue weighted by Crippen LogP contribution is -2.26. The number of hydrogen-bond donors (Lipinski definition) is 1. The number of hydrogen-bond acceptors (Lipinski definition) is 5. The van der Waals surface area contributed by atoms with Crippen LogP contribution in [-0.2, 0) is 0 Å². The molecule has 0 bridgehead atoms. The molecule has 0 aliphatic carbocycles. The minimum absolute atomic E-state index is 0.567. The fourth-order valence-electron chi connectivity index (χ4n) is 2.00. The van der Waals surface area contributed by atoms with Crippen molar-refractivity contribution in [3.05, 3.63) is 36.0 Å². The zero-order chi connectivity index (χ0) is 14.5. The van der Waals surface area contributed by atoms with Crippen molar-refractivity contribution >= 4 is 5.95 Å². The molecule has 106 valence electrons. The molecule has 0 spiro atoms. The minimum atomic E-state index is 0.567. The van der Waals surface area contributed by atoms with Crippen LogP contribution in [0.3, 0.4) is 0 Å². The van der Waals surface area contributed by atoms with Crippen molar-refractivity contribution in [1.82, 2.24) is 9.97 Å². The summed E-state index contributed by atoms with van der Waals surface area (Å²) >= 11 is 0. The van der Waals surface area contributed by atoms with E-state index in [4.69, 9.17) is 10.5 Å². The molecule has 2 aromatic rings. The van der Waals surface area contributed by atoms with E-state index in [9.17, 15) is 0 Å². The van der Waals surface area contributed by atoms with E-state index < -0.39 is 0 Å². The van der Waals surface area contributed by atoms with E-state index in [1.807, 2.05) is 37.1 Å². The van der Waals surface area contributed by atoms with Crippen molar-refractivity contribution < 1.29 is 4.74 Å². The first-order chi connectivity index (χ1) is 9.65. The quantitative estimate of drug-likeness (QED) is 0.900. The number of nitrogens with zero attached hydrogens (tertiary/aromatic N) is 3. The predicted molar refractivity (Wildman–Crippen MR) is 81.1 cm³/mol. The average molecular weight is 272 g/mol. The maximum absolute atomic E-state index is 5.56. The van der Waals surface area contributed by atoms with E-state index in [0.29, 0.717) is 19.0 Å². The Morgan fingerprint density at radius 3 is 2.80 bits per heavy atom. The third-order valence-electron chi connectivity index (χ3n) is 3.08. The first-order valence-corrected chi connectivity index (χ1v) is 6.55. The lowest BCUT2D eigenvalue weighted by molar-refractivity contribution is 0.416. The van der Waals surface area contributed by atoms with Gasteiger partial charge in [-0.15, -0.1) is 0 Å². The summed E-state index contributed by atoms with van der Waals surface area (Å²) in [4.78, 5) is 10.8. The highest BCUT2D eigenvalue weighted by Gasteiger charge is 2.10. The van der Waals surface area contributed by atoms with Gasteiger partial charge in [0.1, 0.15) is 5.75 Å². The van der Waals surface area contributed by atoms with Crippen LogP contribution in [0, 0.1) is 6.92 Å². The van der Waals surface area contributed by atoms with Gasteiger partial charge in [0.2, 0.25) is 5.95 Å². The smallest absolute Gasteiger partial charge is 0.225 e. The Labute approximate surface area is 119 Å². The zero-order valence-corrected chi connectivity index (χ0v) is 12.1. The summed E-state index contributed by atoms with van der Waals surface area (Å²) in [5.74, 6) is 1.47. The van der Waals surface area contributed by atoms with Crippen molar-refractivity contribution in [3.8, 4) is 17.0 Å². The Bertz CT molecular complexity index is 586. The second-order valence-electron chi connectivity index (χ2n) is 4.66. The van der Waals surface area contributed by atoms with Gasteiger partial charge in [0, 0.05) is 31.9 Å². The standard InChI is InChI=1S/C15H20N4O/c1-11-4-5-14(20-3)12(10-11)13-6-8-17-15(18-13)19(2)9-7-16/h4-6,8,10H,7,9,16H2,1-3H3. The Morgan fingerprint density at radius 2 is 2.10 bits per heavy atom. The van der Waals surface area contributed by atoms with Crippen LogP contribution in [-0.4, -0.2) is 37.2 Å². The number of ether oxygens (including phenoxy) is 1. The number of benzene rings is 1. The van der Waals surface area contributed by atoms with Gasteiger partial charge < -0.3 is 15.4 Å². The highest BCUT2D eigenvalue weighted by molar-refractivity contribution is 5.68. The van der Waals surface area contributed by atoms with Gasteiger partial charge in [-0.05, 0) is 25.1 Å². The van der Waals surface area contributed by atoms with Crippen LogP contribution in [0.15, 0.2) is 30.5 Å². The summed E-state index contributed by atoms with van der Waals surface area (Å²) in [5.41, 5.74) is 8.54. The van der Waals surface area contributed by atoms with Gasteiger partial charge in [-0.25, -0.2) is 9.97 Å². The van der Waals surface area contributed by atoms with Crippen LogP contribution in [0.25, 0.3) is 11.3 Å². The molecule has 0 radical (unpaired) electrons. The van der Waals surface area contributed by atoms with Crippen LogP contribution in [0.4, 0.5) is 5.95 Å². The van der Waals surface area contributed by atoms with Crippen molar-refractivity contribution in [1.29, 1.82) is 0 Å². The molecule has 0 fully saturated rings. The summed E-state index contributed by atoms with van der Waals surface area (Å²) in [7, 11) is 3.59. The van der Waals surface area contributed by atoms with Crippen LogP contribution in [0.5, 0.6) is 5.75 Å². The topological polar surface area (TPSA) is 64.3 Å². The first kappa shape index (κ1) is 14.3. The molecule has 0 aliphatic rings. The monoisotopic (exact) mass is 272 g/mol. The molecular weight excluding hydrogens is 252 g/mol. The lowest BCUT2D eigenvalue weighted by atomic mass is 10.1. The van der Waals surface area contributed by atoms with Crippen LogP contribution in [0.2, 0.25) is 0 Å². The summed E-state index contributed by atoms with van der Waals surface area (Å²) in [6.07, 6.45) is 1.76. The molecule has 5 nitrogen and oxygen atoms in total. The number of rotatable bonds is 5. The van der Waals surface area contributed by atoms with Crippen LogP contribution >= 0.6 is 0 Å². The van der Waals surface area contributed by atoms with Crippen molar-refractivity contribution in [2.75, 3.05) is 32.1 Å². The number of nitrogens with two attached hydrogens (primary N) is 1. The number of aryl methyl sites for hydroxylation is 1. The highest BCUT2D eigenvalue weighted by Crippen LogP contribution is 2.29. The van der Waals surface area contributed by atoms with Gasteiger partial charge in [0.05, 0.1) is 12.8 Å². The number of anilines is 1. The molecule has 2 rings (SSSR count). The van der Waals surface area contributed by atoms with E-state index in [-0.39, 0.29) is 0 Å². The van der Waals surface area contributed by atoms with E-state index in [1.54, 1.807) is 13.3 Å². The molecule has 1 aromatic carbocycles. The van der Waals surface area contributed by atoms with Crippen LogP contribution in [0.1, 0.15) is 5.56 Å². The molecule has 20 heavy (non-hydrogen) atoms. The van der Waals surface area contributed by atoms with Gasteiger partial charge in [-0.3, -0.25) is 0 Å². The van der Waals surface area contributed by atoms with Crippen molar-refractivity contribution in [3.63, 3.8) is 0 Å². The maximum atomic E-state index is 5.56. The molecule has 5 heteroatoms. The average Bonchev–Trinajstić information content (AvgIpc) is 2.47. The number of methoxy groups -OCH3 is 1. The van der Waals surface area contributed by atoms with Gasteiger partial charge in [-0.1, -0.05) is 11.6 Å². The molecule has 0 aliphatic heterocycles. The van der Waals surface area contributed by atoms with Gasteiger partial charge in [0.15, 0.2) is 0 Å². The van der Waals surface area contributed by atoms with E-state index >= 15 is 0 Å². The Balaban J connectivity index is 2.43. The second kappa shape index (κ2) is 6.34. The number of likely N-dealkylation sites (N-methyl/N-ethyl adjacent to an activating group) is 1.